The topological polar surface area (TPSA) is 62.2 Å². The van der Waals surface area contributed by atoms with E-state index >= 15 is 0 Å². The number of anilines is 1. The van der Waals surface area contributed by atoms with Crippen LogP contribution in [0.15, 0.2) is 41.1 Å². The van der Waals surface area contributed by atoms with Crippen molar-refractivity contribution in [3.8, 4) is 5.75 Å². The van der Waals surface area contributed by atoms with Gasteiger partial charge in [0.05, 0.1) is 10.2 Å². The molecule has 4 nitrogen and oxygen atoms in total. The zero-order chi connectivity index (χ0) is 13.1. The first-order valence-electron chi connectivity index (χ1n) is 5.29. The number of phenols is 1. The molecule has 0 aliphatic rings. The van der Waals surface area contributed by atoms with E-state index < -0.39 is 0 Å². The van der Waals surface area contributed by atoms with E-state index in [2.05, 4.69) is 26.2 Å². The molecule has 5 heteroatoms. The number of aromatic hydroxyl groups is 1. The number of nitrogens with zero attached hydrogens (tertiary/aromatic N) is 1. The number of hydrogen-bond acceptors (Lipinski definition) is 3. The summed E-state index contributed by atoms with van der Waals surface area (Å²) >= 11 is 3.30. The number of hydrogen-bond donors (Lipinski definition) is 2. The highest BCUT2D eigenvalue weighted by atomic mass is 79.9. The van der Waals surface area contributed by atoms with E-state index in [1.54, 1.807) is 43.6 Å². The van der Waals surface area contributed by atoms with Gasteiger partial charge in [-0.2, -0.15) is 0 Å². The van der Waals surface area contributed by atoms with Crippen molar-refractivity contribution in [3.63, 3.8) is 0 Å². The molecule has 0 aliphatic heterocycles. The summed E-state index contributed by atoms with van der Waals surface area (Å²) in [6.07, 6.45) is 3.20. The van der Waals surface area contributed by atoms with Crippen LogP contribution in [-0.2, 0) is 0 Å². The molecule has 0 bridgehead atoms. The molecule has 2 rings (SSSR count). The lowest BCUT2D eigenvalue weighted by Crippen LogP contribution is -2.13. The third kappa shape index (κ3) is 2.51. The fourth-order valence-electron chi connectivity index (χ4n) is 1.54. The Balaban J connectivity index is 2.28. The Morgan fingerprint density at radius 2 is 2.17 bits per heavy atom. The van der Waals surface area contributed by atoms with Crippen molar-refractivity contribution in [2.24, 2.45) is 0 Å². The van der Waals surface area contributed by atoms with E-state index in [-0.39, 0.29) is 11.7 Å². The maximum atomic E-state index is 12.1. The summed E-state index contributed by atoms with van der Waals surface area (Å²) in [6.45, 7) is 1.70. The van der Waals surface area contributed by atoms with Crippen molar-refractivity contribution in [1.29, 1.82) is 0 Å². The Morgan fingerprint density at radius 3 is 2.89 bits per heavy atom. The highest BCUT2D eigenvalue weighted by Gasteiger charge is 2.12. The zero-order valence-corrected chi connectivity index (χ0v) is 11.2. The number of amides is 1. The molecule has 92 valence electrons. The number of carbonyl (C=O) groups excluding carboxylic acids is 1. The van der Waals surface area contributed by atoms with Crippen LogP contribution in [0, 0.1) is 6.92 Å². The van der Waals surface area contributed by atoms with Crippen molar-refractivity contribution in [1.82, 2.24) is 4.98 Å². The highest BCUT2D eigenvalue weighted by Crippen LogP contribution is 2.23. The molecule has 0 radical (unpaired) electrons. The van der Waals surface area contributed by atoms with Crippen molar-refractivity contribution in [3.05, 3.63) is 52.3 Å². The van der Waals surface area contributed by atoms with Crippen molar-refractivity contribution in [2.75, 3.05) is 5.32 Å². The maximum absolute atomic E-state index is 12.1. The van der Waals surface area contributed by atoms with Gasteiger partial charge in [0.2, 0.25) is 0 Å². The molecule has 0 aliphatic carbocycles. The molecule has 1 aromatic heterocycles. The van der Waals surface area contributed by atoms with Crippen LogP contribution >= 0.6 is 15.9 Å². The first-order chi connectivity index (χ1) is 8.59. The van der Waals surface area contributed by atoms with Gasteiger partial charge < -0.3 is 10.4 Å². The van der Waals surface area contributed by atoms with E-state index in [1.165, 1.54) is 0 Å². The predicted molar refractivity (Wildman–Crippen MR) is 72.7 cm³/mol. The van der Waals surface area contributed by atoms with Crippen LogP contribution < -0.4 is 5.32 Å². The van der Waals surface area contributed by atoms with Gasteiger partial charge in [0.25, 0.3) is 5.91 Å². The second-order valence-corrected chi connectivity index (χ2v) is 4.61. The molecule has 0 fully saturated rings. The number of benzene rings is 1. The molecular weight excluding hydrogens is 296 g/mol. The minimum Gasteiger partial charge on any atom is -0.508 e. The average molecular weight is 307 g/mol. The van der Waals surface area contributed by atoms with Crippen LogP contribution in [0.3, 0.4) is 0 Å². The van der Waals surface area contributed by atoms with Gasteiger partial charge in [-0.15, -0.1) is 0 Å². The van der Waals surface area contributed by atoms with E-state index in [0.29, 0.717) is 21.3 Å². The van der Waals surface area contributed by atoms with Crippen LogP contribution in [0.25, 0.3) is 0 Å². The number of rotatable bonds is 2. The van der Waals surface area contributed by atoms with Gasteiger partial charge in [-0.3, -0.25) is 9.78 Å². The molecule has 0 saturated carbocycles. The summed E-state index contributed by atoms with van der Waals surface area (Å²) in [6, 6.07) is 6.55. The maximum Gasteiger partial charge on any atom is 0.256 e. The van der Waals surface area contributed by atoms with Crippen LogP contribution in [0.1, 0.15) is 15.9 Å². The summed E-state index contributed by atoms with van der Waals surface area (Å²) in [5, 5.41) is 12.3. The average Bonchev–Trinajstić information content (AvgIpc) is 2.35. The summed E-state index contributed by atoms with van der Waals surface area (Å²) in [4.78, 5) is 16.0. The molecule has 1 amide bonds. The number of pyridine rings is 1. The Kier molecular flexibility index (Phi) is 3.62. The van der Waals surface area contributed by atoms with Gasteiger partial charge in [0.15, 0.2) is 0 Å². The van der Waals surface area contributed by atoms with Crippen LogP contribution in [-0.4, -0.2) is 16.0 Å². The molecule has 2 N–H and O–H groups in total. The molecule has 0 atom stereocenters. The smallest absolute Gasteiger partial charge is 0.256 e. The monoisotopic (exact) mass is 306 g/mol. The normalized spacial score (nSPS) is 10.1. The van der Waals surface area contributed by atoms with Gasteiger partial charge in [0.1, 0.15) is 5.75 Å². The zero-order valence-electron chi connectivity index (χ0n) is 9.64. The molecule has 2 aromatic rings. The second-order valence-electron chi connectivity index (χ2n) is 3.76. The molecule has 0 saturated heterocycles. The minimum absolute atomic E-state index is 0.108. The lowest BCUT2D eigenvalue weighted by Gasteiger charge is -2.09. The number of carbonyl (C=O) groups is 1. The van der Waals surface area contributed by atoms with E-state index in [0.717, 1.165) is 0 Å². The fourth-order valence-corrected chi connectivity index (χ4v) is 1.89. The standard InChI is InChI=1S/C13H11BrN2O2/c1-8-9(3-2-4-12(8)17)13(18)16-11-5-6-15-7-10(11)14/h2-7,17H,1H3,(H,15,16,18). The van der Waals surface area contributed by atoms with Crippen LogP contribution in [0.4, 0.5) is 5.69 Å². The molecule has 1 aromatic carbocycles. The quantitative estimate of drug-likeness (QED) is 0.896. The third-order valence-electron chi connectivity index (χ3n) is 2.57. The van der Waals surface area contributed by atoms with E-state index in [9.17, 15) is 9.90 Å². The van der Waals surface area contributed by atoms with Crippen LogP contribution in [0.2, 0.25) is 0 Å². The Labute approximate surface area is 113 Å². The van der Waals surface area contributed by atoms with Crippen molar-refractivity contribution in [2.45, 2.75) is 6.92 Å². The predicted octanol–water partition coefficient (Wildman–Crippen LogP) is 3.11. The van der Waals surface area contributed by atoms with Gasteiger partial charge in [0, 0.05) is 23.5 Å². The summed E-state index contributed by atoms with van der Waals surface area (Å²) < 4.78 is 0.705. The Bertz CT molecular complexity index is 599. The Hall–Kier alpha value is -1.88. The van der Waals surface area contributed by atoms with Gasteiger partial charge in [-0.25, -0.2) is 0 Å². The second kappa shape index (κ2) is 5.18. The summed E-state index contributed by atoms with van der Waals surface area (Å²) in [7, 11) is 0. The minimum atomic E-state index is -0.268. The number of phenolic OH excluding ortho intramolecular Hbond substituents is 1. The lowest BCUT2D eigenvalue weighted by atomic mass is 10.1. The van der Waals surface area contributed by atoms with E-state index in [1.807, 2.05) is 0 Å². The molecular formula is C13H11BrN2O2. The van der Waals surface area contributed by atoms with Crippen molar-refractivity contribution < 1.29 is 9.90 Å². The van der Waals surface area contributed by atoms with Gasteiger partial charge in [-0.05, 0) is 41.1 Å². The SMILES string of the molecule is Cc1c(O)cccc1C(=O)Nc1ccncc1Br. The first kappa shape index (κ1) is 12.6. The first-order valence-corrected chi connectivity index (χ1v) is 6.08. The number of halogens is 1. The molecule has 18 heavy (non-hydrogen) atoms. The fraction of sp³-hybridized carbons (Fsp3) is 0.0769. The van der Waals surface area contributed by atoms with Crippen molar-refractivity contribution >= 4 is 27.5 Å². The summed E-state index contributed by atoms with van der Waals surface area (Å²) in [5.74, 6) is -0.160. The molecule has 0 unspecified atom stereocenters. The highest BCUT2D eigenvalue weighted by molar-refractivity contribution is 9.10. The van der Waals surface area contributed by atoms with Crippen LogP contribution in [0.5, 0.6) is 5.75 Å². The van der Waals surface area contributed by atoms with Gasteiger partial charge >= 0.3 is 0 Å². The number of aromatic nitrogens is 1. The molecule has 1 heterocycles. The largest absolute Gasteiger partial charge is 0.508 e. The number of nitrogens with one attached hydrogen (secondary N) is 1. The lowest BCUT2D eigenvalue weighted by molar-refractivity contribution is 0.102. The molecule has 0 spiro atoms. The Morgan fingerprint density at radius 1 is 1.39 bits per heavy atom. The third-order valence-corrected chi connectivity index (χ3v) is 3.20. The van der Waals surface area contributed by atoms with Gasteiger partial charge in [-0.1, -0.05) is 6.07 Å². The van der Waals surface area contributed by atoms with E-state index in [4.69, 9.17) is 0 Å². The summed E-state index contributed by atoms with van der Waals surface area (Å²) in [5.41, 5.74) is 1.64.